The van der Waals surface area contributed by atoms with Gasteiger partial charge in [0.25, 0.3) is 0 Å². The van der Waals surface area contributed by atoms with E-state index in [2.05, 4.69) is 231 Å². The van der Waals surface area contributed by atoms with Crippen LogP contribution in [-0.4, -0.2) is 0 Å². The molecule has 1 heteroatoms. The van der Waals surface area contributed by atoms with Gasteiger partial charge in [-0.3, -0.25) is 0 Å². The van der Waals surface area contributed by atoms with Crippen molar-refractivity contribution in [1.29, 1.82) is 0 Å². The van der Waals surface area contributed by atoms with E-state index in [1.54, 1.807) is 0 Å². The Kier molecular flexibility index (Phi) is 7.91. The average molecular weight is 740 g/mol. The molecule has 0 saturated heterocycles. The SMILES string of the molecule is CC1(C)c2ccccc2-c2c1cc(N(c1ccc(-c3cccc4ccccc34)cc1)c1ccc(-c3cccc4cccc(-c5ccccc5)c34)cc1)c1ccccc21. The largest absolute Gasteiger partial charge is 0.310 e. The van der Waals surface area contributed by atoms with Crippen molar-refractivity contribution >= 4 is 49.4 Å². The molecule has 0 atom stereocenters. The van der Waals surface area contributed by atoms with Crippen molar-refractivity contribution in [1.82, 2.24) is 0 Å². The summed E-state index contributed by atoms with van der Waals surface area (Å²) in [5.74, 6) is 0. The van der Waals surface area contributed by atoms with Crippen LogP contribution >= 0.6 is 0 Å². The molecule has 1 nitrogen and oxygen atoms in total. The molecule has 0 N–H and O–H groups in total. The summed E-state index contributed by atoms with van der Waals surface area (Å²) in [5.41, 5.74) is 16.0. The van der Waals surface area contributed by atoms with Crippen LogP contribution in [0.25, 0.3) is 76.8 Å². The molecule has 0 heterocycles. The quantitative estimate of drug-likeness (QED) is 0.164. The normalized spacial score (nSPS) is 12.8. The maximum absolute atomic E-state index is 2.47. The Morgan fingerprint density at radius 1 is 0.345 bits per heavy atom. The first kappa shape index (κ1) is 34.1. The molecule has 58 heavy (non-hydrogen) atoms. The molecule has 0 spiro atoms. The Hall–Kier alpha value is -7.22. The van der Waals surface area contributed by atoms with Crippen molar-refractivity contribution < 1.29 is 0 Å². The molecule has 0 aromatic heterocycles. The minimum absolute atomic E-state index is 0.150. The van der Waals surface area contributed by atoms with Gasteiger partial charge >= 0.3 is 0 Å². The molecule has 1 aliphatic carbocycles. The highest BCUT2D eigenvalue weighted by Crippen LogP contribution is 2.54. The summed E-state index contributed by atoms with van der Waals surface area (Å²) in [6.07, 6.45) is 0. The van der Waals surface area contributed by atoms with Crippen LogP contribution in [-0.2, 0) is 5.41 Å². The molecule has 0 fully saturated rings. The minimum Gasteiger partial charge on any atom is -0.310 e. The van der Waals surface area contributed by atoms with Crippen molar-refractivity contribution in [3.63, 3.8) is 0 Å². The summed E-state index contributed by atoms with van der Waals surface area (Å²) < 4.78 is 0. The highest BCUT2D eigenvalue weighted by molar-refractivity contribution is 6.11. The predicted molar refractivity (Wildman–Crippen MR) is 248 cm³/mol. The number of hydrogen-bond acceptors (Lipinski definition) is 1. The molecule has 0 radical (unpaired) electrons. The minimum atomic E-state index is -0.150. The number of benzene rings is 10. The lowest BCUT2D eigenvalue weighted by molar-refractivity contribution is 0.661. The molecule has 0 bridgehead atoms. The van der Waals surface area contributed by atoms with Gasteiger partial charge in [-0.05, 0) is 113 Å². The number of nitrogens with zero attached hydrogens (tertiary/aromatic N) is 1. The van der Waals surface area contributed by atoms with E-state index >= 15 is 0 Å². The number of fused-ring (bicyclic) bond motifs is 7. The summed E-state index contributed by atoms with van der Waals surface area (Å²) >= 11 is 0. The first-order valence-corrected chi connectivity index (χ1v) is 20.3. The smallest absolute Gasteiger partial charge is 0.0543 e. The highest BCUT2D eigenvalue weighted by atomic mass is 15.1. The summed E-state index contributed by atoms with van der Waals surface area (Å²) in [6, 6.07) is 78.1. The first-order chi connectivity index (χ1) is 28.5. The van der Waals surface area contributed by atoms with E-state index < -0.39 is 0 Å². The van der Waals surface area contributed by atoms with Gasteiger partial charge in [-0.2, -0.15) is 0 Å². The number of hydrogen-bond donors (Lipinski definition) is 0. The van der Waals surface area contributed by atoms with Crippen LogP contribution in [0.15, 0.2) is 212 Å². The average Bonchev–Trinajstić information content (AvgIpc) is 3.52. The van der Waals surface area contributed by atoms with E-state index in [0.717, 1.165) is 11.4 Å². The Labute approximate surface area is 340 Å². The van der Waals surface area contributed by atoms with Crippen molar-refractivity contribution in [2.24, 2.45) is 0 Å². The van der Waals surface area contributed by atoms with Gasteiger partial charge in [0, 0.05) is 22.2 Å². The van der Waals surface area contributed by atoms with Crippen molar-refractivity contribution in [2.45, 2.75) is 19.3 Å². The van der Waals surface area contributed by atoms with E-state index in [0.29, 0.717) is 0 Å². The second kappa shape index (κ2) is 13.5. The molecule has 0 amide bonds. The van der Waals surface area contributed by atoms with Gasteiger partial charge in [-0.1, -0.05) is 196 Å². The molecule has 1 aliphatic rings. The van der Waals surface area contributed by atoms with Gasteiger partial charge in [0.1, 0.15) is 0 Å². The predicted octanol–water partition coefficient (Wildman–Crippen LogP) is 15.9. The Balaban J connectivity index is 1.10. The van der Waals surface area contributed by atoms with Crippen molar-refractivity contribution in [2.75, 3.05) is 4.90 Å². The fourth-order valence-electron chi connectivity index (χ4n) is 9.64. The summed E-state index contributed by atoms with van der Waals surface area (Å²) in [5, 5.41) is 7.55. The molecule has 10 aromatic rings. The third kappa shape index (κ3) is 5.39. The fourth-order valence-corrected chi connectivity index (χ4v) is 9.64. The van der Waals surface area contributed by atoms with Crippen LogP contribution in [0.3, 0.4) is 0 Å². The topological polar surface area (TPSA) is 3.24 Å². The lowest BCUT2D eigenvalue weighted by atomic mass is 9.81. The zero-order valence-corrected chi connectivity index (χ0v) is 32.7. The van der Waals surface area contributed by atoms with E-state index in [-0.39, 0.29) is 5.41 Å². The van der Waals surface area contributed by atoms with E-state index in [4.69, 9.17) is 0 Å². The molecule has 0 unspecified atom stereocenters. The van der Waals surface area contributed by atoms with E-state index in [9.17, 15) is 0 Å². The summed E-state index contributed by atoms with van der Waals surface area (Å²) in [4.78, 5) is 2.47. The van der Waals surface area contributed by atoms with Gasteiger partial charge in [0.15, 0.2) is 0 Å². The lowest BCUT2D eigenvalue weighted by Gasteiger charge is -2.30. The Bertz CT molecular complexity index is 3160. The molecule has 0 aliphatic heterocycles. The van der Waals surface area contributed by atoms with Crippen LogP contribution in [0.2, 0.25) is 0 Å². The van der Waals surface area contributed by atoms with Gasteiger partial charge < -0.3 is 4.90 Å². The number of anilines is 3. The van der Waals surface area contributed by atoms with Gasteiger partial charge in [-0.15, -0.1) is 0 Å². The third-order valence-electron chi connectivity index (χ3n) is 12.5. The van der Waals surface area contributed by atoms with Crippen LogP contribution < -0.4 is 4.90 Å². The summed E-state index contributed by atoms with van der Waals surface area (Å²) in [6.45, 7) is 4.75. The van der Waals surface area contributed by atoms with Crippen molar-refractivity contribution in [3.8, 4) is 44.5 Å². The maximum atomic E-state index is 2.47. The van der Waals surface area contributed by atoms with E-state index in [1.807, 2.05) is 0 Å². The van der Waals surface area contributed by atoms with Gasteiger partial charge in [0.2, 0.25) is 0 Å². The molecule has 10 aromatic carbocycles. The van der Waals surface area contributed by atoms with Crippen LogP contribution in [0.5, 0.6) is 0 Å². The zero-order valence-electron chi connectivity index (χ0n) is 32.7. The molecular weight excluding hydrogens is 699 g/mol. The maximum Gasteiger partial charge on any atom is 0.0543 e. The second-order valence-electron chi connectivity index (χ2n) is 16.1. The van der Waals surface area contributed by atoms with Gasteiger partial charge in [-0.25, -0.2) is 0 Å². The fraction of sp³-hybridized carbons (Fsp3) is 0.0526. The monoisotopic (exact) mass is 739 g/mol. The van der Waals surface area contributed by atoms with Crippen LogP contribution in [0, 0.1) is 0 Å². The Morgan fingerprint density at radius 2 is 0.828 bits per heavy atom. The number of rotatable bonds is 6. The molecule has 274 valence electrons. The Morgan fingerprint density at radius 3 is 1.52 bits per heavy atom. The van der Waals surface area contributed by atoms with E-state index in [1.165, 1.54) is 93.6 Å². The third-order valence-corrected chi connectivity index (χ3v) is 12.5. The molecule has 0 saturated carbocycles. The van der Waals surface area contributed by atoms with Crippen LogP contribution in [0.1, 0.15) is 25.0 Å². The van der Waals surface area contributed by atoms with Crippen LogP contribution in [0.4, 0.5) is 17.1 Å². The summed E-state index contributed by atoms with van der Waals surface area (Å²) in [7, 11) is 0. The highest BCUT2D eigenvalue weighted by Gasteiger charge is 2.37. The van der Waals surface area contributed by atoms with Crippen molar-refractivity contribution in [3.05, 3.63) is 223 Å². The van der Waals surface area contributed by atoms with Gasteiger partial charge in [0.05, 0.1) is 5.69 Å². The zero-order chi connectivity index (χ0) is 38.8. The molecule has 11 rings (SSSR count). The molecular formula is C57H41N. The first-order valence-electron chi connectivity index (χ1n) is 20.3. The lowest BCUT2D eigenvalue weighted by Crippen LogP contribution is -2.17. The second-order valence-corrected chi connectivity index (χ2v) is 16.1. The standard InChI is InChI=1S/C57H41N/c1-57(2)52-28-11-10-24-51(52)56-50-23-9-8-22-49(50)54(37-53(56)57)58(43-33-29-40(30-34-43)46-25-12-18-38-17-6-7-21-45(38)46)44-35-31-41(32-36-44)48-27-14-20-42-19-13-26-47(55(42)48)39-15-4-3-5-16-39/h3-37H,1-2H3.